The van der Waals surface area contributed by atoms with Gasteiger partial charge in [-0.15, -0.1) is 0 Å². The van der Waals surface area contributed by atoms with Crippen molar-refractivity contribution in [2.45, 2.75) is 38.8 Å². The van der Waals surface area contributed by atoms with Crippen LogP contribution in [0.1, 0.15) is 36.7 Å². The zero-order chi connectivity index (χ0) is 22.0. The Morgan fingerprint density at radius 1 is 1.29 bits per heavy atom. The molecule has 1 fully saturated rings. The van der Waals surface area contributed by atoms with Crippen molar-refractivity contribution in [2.75, 3.05) is 25.5 Å². The fourth-order valence-corrected chi connectivity index (χ4v) is 4.06. The van der Waals surface area contributed by atoms with E-state index in [9.17, 15) is 9.18 Å². The number of aryl methyl sites for hydroxylation is 2. The average Bonchev–Trinajstić information content (AvgIpc) is 3.40. The monoisotopic (exact) mass is 422 g/mol. The number of nitrogens with zero attached hydrogens (tertiary/aromatic N) is 6. The highest BCUT2D eigenvalue weighted by Gasteiger charge is 2.33. The number of benzene rings is 1. The van der Waals surface area contributed by atoms with Crippen molar-refractivity contribution in [1.29, 1.82) is 0 Å². The summed E-state index contributed by atoms with van der Waals surface area (Å²) >= 11 is 0. The molecule has 1 amide bonds. The fourth-order valence-electron chi connectivity index (χ4n) is 4.06. The Labute approximate surface area is 181 Å². The third kappa shape index (κ3) is 4.42. The van der Waals surface area contributed by atoms with Gasteiger partial charge in [0.25, 0.3) is 0 Å². The van der Waals surface area contributed by atoms with Crippen molar-refractivity contribution < 1.29 is 9.18 Å². The highest BCUT2D eigenvalue weighted by molar-refractivity contribution is 5.77. The first kappa shape index (κ1) is 21.0. The van der Waals surface area contributed by atoms with E-state index in [0.29, 0.717) is 31.0 Å². The first-order valence-corrected chi connectivity index (χ1v) is 10.5. The second kappa shape index (κ2) is 8.83. The third-order valence-electron chi connectivity index (χ3n) is 5.70. The van der Waals surface area contributed by atoms with Gasteiger partial charge < -0.3 is 9.80 Å². The Balaban J connectivity index is 1.65. The Hall–Kier alpha value is -3.29. The number of rotatable bonds is 6. The van der Waals surface area contributed by atoms with Gasteiger partial charge in [0.2, 0.25) is 11.9 Å². The largest absolute Gasteiger partial charge is 0.347 e. The minimum Gasteiger partial charge on any atom is -0.347 e. The smallest absolute Gasteiger partial charge is 0.225 e. The van der Waals surface area contributed by atoms with Gasteiger partial charge in [0.05, 0.1) is 11.7 Å². The van der Waals surface area contributed by atoms with Crippen LogP contribution in [0.4, 0.5) is 10.3 Å². The maximum atomic E-state index is 13.9. The average molecular weight is 423 g/mol. The molecule has 31 heavy (non-hydrogen) atoms. The van der Waals surface area contributed by atoms with Gasteiger partial charge in [-0.05, 0) is 43.5 Å². The number of carbonyl (C=O) groups excluding carboxylic acids is 1. The third-order valence-corrected chi connectivity index (χ3v) is 5.70. The molecular formula is C23H27FN6O. The number of carbonyl (C=O) groups is 1. The Bertz CT molecular complexity index is 1080. The van der Waals surface area contributed by atoms with Crippen molar-refractivity contribution in [3.63, 3.8) is 0 Å². The number of hydrogen-bond acceptors (Lipinski definition) is 5. The quantitative estimate of drug-likeness (QED) is 0.607. The Morgan fingerprint density at radius 2 is 2.13 bits per heavy atom. The van der Waals surface area contributed by atoms with Crippen LogP contribution in [0.5, 0.6) is 0 Å². The first-order chi connectivity index (χ1) is 14.9. The molecule has 4 rings (SSSR count). The lowest BCUT2D eigenvalue weighted by Gasteiger charge is -2.27. The predicted octanol–water partition coefficient (Wildman–Crippen LogP) is 3.61. The molecule has 1 aliphatic rings. The molecule has 3 heterocycles. The maximum Gasteiger partial charge on any atom is 0.225 e. The summed E-state index contributed by atoms with van der Waals surface area (Å²) in [4.78, 5) is 26.1. The molecule has 1 aliphatic heterocycles. The van der Waals surface area contributed by atoms with Gasteiger partial charge in [-0.2, -0.15) is 5.10 Å². The molecule has 0 unspecified atom stereocenters. The van der Waals surface area contributed by atoms with Crippen LogP contribution in [0.25, 0.3) is 11.1 Å². The highest BCUT2D eigenvalue weighted by atomic mass is 19.1. The molecule has 0 bridgehead atoms. The summed E-state index contributed by atoms with van der Waals surface area (Å²) in [5.74, 6) is 0.336. The van der Waals surface area contributed by atoms with Crippen LogP contribution in [0.3, 0.4) is 0 Å². The van der Waals surface area contributed by atoms with Gasteiger partial charge in [0, 0.05) is 57.3 Å². The fraction of sp³-hybridized carbons (Fsp3) is 0.391. The molecular weight excluding hydrogens is 395 g/mol. The zero-order valence-corrected chi connectivity index (χ0v) is 18.1. The van der Waals surface area contributed by atoms with Gasteiger partial charge in [0.15, 0.2) is 0 Å². The van der Waals surface area contributed by atoms with Crippen LogP contribution in [-0.4, -0.2) is 51.2 Å². The minimum atomic E-state index is -0.311. The lowest BCUT2D eigenvalue weighted by molar-refractivity contribution is -0.132. The normalized spacial score (nSPS) is 16.0. The topological polar surface area (TPSA) is 67.2 Å². The standard InChI is InChI=1S/C23H27FN6O/c1-16-9-11-26-30(16)13-10-21(31)29-12-5-8-20(29)22-19(15-25-23(27-22)28(2)3)17-6-4-7-18(24)14-17/h4,6-7,9,11,14-15,20H,5,8,10,12-13H2,1-3H3/t20-/m1/s1. The van der Waals surface area contributed by atoms with E-state index in [1.54, 1.807) is 18.5 Å². The van der Waals surface area contributed by atoms with Crippen LogP contribution >= 0.6 is 0 Å². The number of halogens is 1. The lowest BCUT2D eigenvalue weighted by Crippen LogP contribution is -2.32. The summed E-state index contributed by atoms with van der Waals surface area (Å²) in [6.07, 6.45) is 5.58. The van der Waals surface area contributed by atoms with E-state index in [2.05, 4.69) is 10.1 Å². The number of hydrogen-bond donors (Lipinski definition) is 0. The molecule has 1 saturated heterocycles. The molecule has 8 heteroatoms. The number of aromatic nitrogens is 4. The molecule has 1 aromatic carbocycles. The van der Waals surface area contributed by atoms with E-state index in [-0.39, 0.29) is 17.8 Å². The zero-order valence-electron chi connectivity index (χ0n) is 18.1. The van der Waals surface area contributed by atoms with Crippen LogP contribution in [0.2, 0.25) is 0 Å². The summed E-state index contributed by atoms with van der Waals surface area (Å²) in [5.41, 5.74) is 3.28. The highest BCUT2D eigenvalue weighted by Crippen LogP contribution is 2.37. The second-order valence-corrected chi connectivity index (χ2v) is 8.06. The van der Waals surface area contributed by atoms with E-state index in [1.807, 2.05) is 47.6 Å². The summed E-state index contributed by atoms with van der Waals surface area (Å²) < 4.78 is 15.8. The SMILES string of the molecule is Cc1ccnn1CCC(=O)N1CCC[C@@H]1c1nc(N(C)C)ncc1-c1cccc(F)c1. The van der Waals surface area contributed by atoms with Crippen molar-refractivity contribution in [1.82, 2.24) is 24.6 Å². The number of anilines is 1. The van der Waals surface area contributed by atoms with Crippen molar-refractivity contribution in [2.24, 2.45) is 0 Å². The van der Waals surface area contributed by atoms with Gasteiger partial charge in [-0.25, -0.2) is 14.4 Å². The molecule has 2 aromatic heterocycles. The van der Waals surface area contributed by atoms with E-state index in [0.717, 1.165) is 29.8 Å². The molecule has 1 atom stereocenters. The lowest BCUT2D eigenvalue weighted by atomic mass is 9.99. The Morgan fingerprint density at radius 3 is 2.84 bits per heavy atom. The maximum absolute atomic E-state index is 13.9. The van der Waals surface area contributed by atoms with Crippen molar-refractivity contribution in [3.05, 3.63) is 59.9 Å². The van der Waals surface area contributed by atoms with Crippen LogP contribution < -0.4 is 4.90 Å². The van der Waals surface area contributed by atoms with Crippen molar-refractivity contribution >= 4 is 11.9 Å². The van der Waals surface area contributed by atoms with Gasteiger partial charge in [-0.3, -0.25) is 9.48 Å². The molecule has 0 spiro atoms. The molecule has 0 N–H and O–H groups in total. The van der Waals surface area contributed by atoms with Crippen LogP contribution in [0.15, 0.2) is 42.7 Å². The van der Waals surface area contributed by atoms with Crippen LogP contribution in [-0.2, 0) is 11.3 Å². The Kier molecular flexibility index (Phi) is 5.97. The van der Waals surface area contributed by atoms with E-state index >= 15 is 0 Å². The molecule has 3 aromatic rings. The van der Waals surface area contributed by atoms with Crippen molar-refractivity contribution in [3.8, 4) is 11.1 Å². The number of amides is 1. The van der Waals surface area contributed by atoms with Gasteiger partial charge in [-0.1, -0.05) is 12.1 Å². The molecule has 0 radical (unpaired) electrons. The van der Waals surface area contributed by atoms with Gasteiger partial charge >= 0.3 is 0 Å². The molecule has 162 valence electrons. The molecule has 0 aliphatic carbocycles. The van der Waals surface area contributed by atoms with E-state index in [4.69, 9.17) is 4.98 Å². The van der Waals surface area contributed by atoms with E-state index < -0.39 is 0 Å². The summed E-state index contributed by atoms with van der Waals surface area (Å²) in [7, 11) is 3.76. The molecule has 0 saturated carbocycles. The summed E-state index contributed by atoms with van der Waals surface area (Å²) in [6, 6.07) is 8.20. The number of likely N-dealkylation sites (tertiary alicyclic amines) is 1. The van der Waals surface area contributed by atoms with Gasteiger partial charge in [0.1, 0.15) is 5.82 Å². The predicted molar refractivity (Wildman–Crippen MR) is 117 cm³/mol. The second-order valence-electron chi connectivity index (χ2n) is 8.06. The summed E-state index contributed by atoms with van der Waals surface area (Å²) in [5, 5.41) is 4.27. The molecule has 7 nitrogen and oxygen atoms in total. The van der Waals surface area contributed by atoms with Crippen LogP contribution in [0, 0.1) is 12.7 Å². The minimum absolute atomic E-state index is 0.0765. The first-order valence-electron chi connectivity index (χ1n) is 10.5. The van der Waals surface area contributed by atoms with E-state index in [1.165, 1.54) is 12.1 Å². The summed E-state index contributed by atoms with van der Waals surface area (Å²) in [6.45, 7) is 3.21.